The number of hydrogen-bond donors (Lipinski definition) is 0. The van der Waals surface area contributed by atoms with Crippen molar-refractivity contribution in [2.75, 3.05) is 32.7 Å². The smallest absolute Gasteiger partial charge is 0.236 e. The average Bonchev–Trinajstić information content (AvgIpc) is 2.86. The van der Waals surface area contributed by atoms with E-state index in [0.29, 0.717) is 13.1 Å². The van der Waals surface area contributed by atoms with Crippen LogP contribution in [0, 0.1) is 0 Å². The van der Waals surface area contributed by atoms with E-state index in [1.54, 1.807) is 6.20 Å². The molecule has 3 heterocycles. The first kappa shape index (κ1) is 25.5. The number of amides is 1. The summed E-state index contributed by atoms with van der Waals surface area (Å²) < 4.78 is 0. The second-order valence-corrected chi connectivity index (χ2v) is 8.30. The van der Waals surface area contributed by atoms with E-state index in [9.17, 15) is 4.79 Å². The first-order chi connectivity index (χ1) is 16.7. The maximum Gasteiger partial charge on any atom is 0.236 e. The highest BCUT2D eigenvalue weighted by Gasteiger charge is 2.17. The number of pyridine rings is 3. The molecule has 3 rings (SSSR count). The Kier molecular flexibility index (Phi) is 10.6. The van der Waals surface area contributed by atoms with Crippen LogP contribution in [0.25, 0.3) is 0 Å². The van der Waals surface area contributed by atoms with Gasteiger partial charge >= 0.3 is 0 Å². The fourth-order valence-electron chi connectivity index (χ4n) is 3.98. The Hall–Kier alpha value is -3.16. The highest BCUT2D eigenvalue weighted by atomic mass is 16.2. The van der Waals surface area contributed by atoms with Crippen molar-refractivity contribution in [2.45, 2.75) is 39.9 Å². The van der Waals surface area contributed by atoms with Crippen molar-refractivity contribution in [1.82, 2.24) is 29.7 Å². The maximum absolute atomic E-state index is 12.8. The average molecular weight is 461 g/mol. The van der Waals surface area contributed by atoms with Crippen LogP contribution in [0.4, 0.5) is 0 Å². The van der Waals surface area contributed by atoms with Gasteiger partial charge in [-0.3, -0.25) is 29.5 Å². The van der Waals surface area contributed by atoms with Gasteiger partial charge in [0.2, 0.25) is 5.91 Å². The molecule has 0 fully saturated rings. The van der Waals surface area contributed by atoms with Crippen LogP contribution in [-0.2, 0) is 24.4 Å². The van der Waals surface area contributed by atoms with Gasteiger partial charge in [-0.2, -0.15) is 0 Å². The summed E-state index contributed by atoms with van der Waals surface area (Å²) in [6.07, 6.45) is 6.41. The van der Waals surface area contributed by atoms with Crippen LogP contribution in [0.5, 0.6) is 0 Å². The molecule has 180 valence electrons. The summed E-state index contributed by atoms with van der Waals surface area (Å²) in [5.74, 6) is 0.166. The third-order valence-electron chi connectivity index (χ3n) is 5.76. The largest absolute Gasteiger partial charge is 0.342 e. The van der Waals surface area contributed by atoms with Crippen molar-refractivity contribution in [2.24, 2.45) is 0 Å². The van der Waals surface area contributed by atoms with Gasteiger partial charge in [-0.15, -0.1) is 0 Å². The van der Waals surface area contributed by atoms with Crippen LogP contribution < -0.4 is 0 Å². The molecule has 7 heteroatoms. The molecule has 0 spiro atoms. The Morgan fingerprint density at radius 3 is 1.53 bits per heavy atom. The maximum atomic E-state index is 12.8. The molecule has 0 saturated carbocycles. The zero-order valence-electron chi connectivity index (χ0n) is 20.4. The summed E-state index contributed by atoms with van der Waals surface area (Å²) >= 11 is 0. The monoisotopic (exact) mass is 460 g/mol. The van der Waals surface area contributed by atoms with E-state index in [0.717, 1.165) is 62.8 Å². The summed E-state index contributed by atoms with van der Waals surface area (Å²) in [6.45, 7) is 9.79. The Morgan fingerprint density at radius 2 is 1.12 bits per heavy atom. The summed E-state index contributed by atoms with van der Waals surface area (Å²) in [7, 11) is 0. The molecule has 3 aromatic heterocycles. The number of carbonyl (C=O) groups excluding carboxylic acids is 1. The Bertz CT molecular complexity index is 909. The minimum Gasteiger partial charge on any atom is -0.342 e. The molecular weight excluding hydrogens is 424 g/mol. The second-order valence-electron chi connectivity index (χ2n) is 8.30. The molecular formula is C27H36N6O. The Morgan fingerprint density at radius 1 is 0.676 bits per heavy atom. The van der Waals surface area contributed by atoms with E-state index in [4.69, 9.17) is 0 Å². The molecule has 0 aliphatic carbocycles. The van der Waals surface area contributed by atoms with Crippen molar-refractivity contribution in [3.05, 3.63) is 90.3 Å². The van der Waals surface area contributed by atoms with Gasteiger partial charge in [0.05, 0.1) is 23.6 Å². The lowest BCUT2D eigenvalue weighted by Crippen LogP contribution is -2.41. The zero-order chi connectivity index (χ0) is 24.0. The van der Waals surface area contributed by atoms with Crippen LogP contribution in [0.3, 0.4) is 0 Å². The molecule has 0 atom stereocenters. The number of carbonyl (C=O) groups is 1. The SMILES string of the molecule is CCN(CC)C(=O)CN(CCCN(Cc1ccccn1)Cc1ccccn1)Cc1ccccn1. The van der Waals surface area contributed by atoms with Gasteiger partial charge in [-0.25, -0.2) is 0 Å². The predicted molar refractivity (Wildman–Crippen MR) is 135 cm³/mol. The normalized spacial score (nSPS) is 11.2. The molecule has 0 radical (unpaired) electrons. The van der Waals surface area contributed by atoms with Gasteiger partial charge in [0, 0.05) is 64.4 Å². The molecule has 0 bridgehead atoms. The molecule has 0 aliphatic rings. The fraction of sp³-hybridized carbons (Fsp3) is 0.407. The molecule has 0 aromatic carbocycles. The first-order valence-electron chi connectivity index (χ1n) is 12.1. The first-order valence-corrected chi connectivity index (χ1v) is 12.1. The van der Waals surface area contributed by atoms with Gasteiger partial charge < -0.3 is 4.90 Å². The van der Waals surface area contributed by atoms with Crippen molar-refractivity contribution >= 4 is 5.91 Å². The topological polar surface area (TPSA) is 65.5 Å². The highest BCUT2D eigenvalue weighted by molar-refractivity contribution is 5.78. The van der Waals surface area contributed by atoms with Crippen molar-refractivity contribution in [3.63, 3.8) is 0 Å². The van der Waals surface area contributed by atoms with Crippen LogP contribution in [0.2, 0.25) is 0 Å². The minimum absolute atomic E-state index is 0.166. The number of aromatic nitrogens is 3. The minimum atomic E-state index is 0.166. The van der Waals surface area contributed by atoms with Crippen LogP contribution in [0.15, 0.2) is 73.2 Å². The Labute approximate surface area is 203 Å². The quantitative estimate of drug-likeness (QED) is 0.366. The molecule has 0 aliphatic heterocycles. The molecule has 0 saturated heterocycles. The van der Waals surface area contributed by atoms with E-state index in [-0.39, 0.29) is 5.91 Å². The number of hydrogen-bond acceptors (Lipinski definition) is 6. The summed E-state index contributed by atoms with van der Waals surface area (Å²) in [6, 6.07) is 18.0. The molecule has 3 aromatic rings. The van der Waals surface area contributed by atoms with Crippen molar-refractivity contribution in [3.8, 4) is 0 Å². The van der Waals surface area contributed by atoms with Gasteiger partial charge in [0.1, 0.15) is 0 Å². The highest BCUT2D eigenvalue weighted by Crippen LogP contribution is 2.10. The van der Waals surface area contributed by atoms with Gasteiger partial charge in [-0.1, -0.05) is 18.2 Å². The number of likely N-dealkylation sites (N-methyl/N-ethyl adjacent to an activating group) is 1. The van der Waals surface area contributed by atoms with E-state index >= 15 is 0 Å². The Balaban J connectivity index is 1.64. The lowest BCUT2D eigenvalue weighted by molar-refractivity contribution is -0.132. The third-order valence-corrected chi connectivity index (χ3v) is 5.76. The van der Waals surface area contributed by atoms with Crippen LogP contribution >= 0.6 is 0 Å². The van der Waals surface area contributed by atoms with E-state index in [1.807, 2.05) is 73.6 Å². The number of nitrogens with zero attached hydrogens (tertiary/aromatic N) is 6. The molecule has 1 amide bonds. The van der Waals surface area contributed by atoms with E-state index in [1.165, 1.54) is 0 Å². The summed E-state index contributed by atoms with van der Waals surface area (Å²) in [5.41, 5.74) is 3.06. The second kappa shape index (κ2) is 14.2. The zero-order valence-corrected chi connectivity index (χ0v) is 20.4. The lowest BCUT2D eigenvalue weighted by atomic mass is 10.2. The molecule has 0 unspecified atom stereocenters. The van der Waals surface area contributed by atoms with Gasteiger partial charge in [-0.05, 0) is 56.7 Å². The molecule has 0 N–H and O–H groups in total. The molecule has 7 nitrogen and oxygen atoms in total. The molecule has 34 heavy (non-hydrogen) atoms. The van der Waals surface area contributed by atoms with Gasteiger partial charge in [0.25, 0.3) is 0 Å². The van der Waals surface area contributed by atoms with Gasteiger partial charge in [0.15, 0.2) is 0 Å². The number of rotatable bonds is 14. The lowest BCUT2D eigenvalue weighted by Gasteiger charge is -2.27. The summed E-state index contributed by atoms with van der Waals surface area (Å²) in [4.78, 5) is 32.8. The third kappa shape index (κ3) is 8.65. The van der Waals surface area contributed by atoms with E-state index < -0.39 is 0 Å². The summed E-state index contributed by atoms with van der Waals surface area (Å²) in [5, 5.41) is 0. The predicted octanol–water partition coefficient (Wildman–Crippen LogP) is 3.63. The van der Waals surface area contributed by atoms with Crippen LogP contribution in [-0.4, -0.2) is 68.3 Å². The fourth-order valence-corrected chi connectivity index (χ4v) is 3.98. The van der Waals surface area contributed by atoms with Crippen molar-refractivity contribution < 1.29 is 4.79 Å². The van der Waals surface area contributed by atoms with Crippen LogP contribution in [0.1, 0.15) is 37.4 Å². The van der Waals surface area contributed by atoms with E-state index in [2.05, 4.69) is 36.9 Å². The standard InChI is InChI=1S/C27H36N6O/c1-3-33(4-2)27(34)23-32(22-26-14-7-10-17-30-26)19-11-18-31(20-24-12-5-8-15-28-24)21-25-13-6-9-16-29-25/h5-10,12-17H,3-4,11,18-23H2,1-2H3. The van der Waals surface area contributed by atoms with Crippen molar-refractivity contribution in [1.29, 1.82) is 0 Å².